The molecule has 1 fully saturated rings. The lowest BCUT2D eigenvalue weighted by molar-refractivity contribution is -0.00476. The summed E-state index contributed by atoms with van der Waals surface area (Å²) in [7, 11) is 1.73. The SMILES string of the molecule is COC1(C)CCCN(c2ccc(F)cc2[C@@H](C)O)C1. The number of rotatable bonds is 3. The molecule has 1 aliphatic rings. The summed E-state index contributed by atoms with van der Waals surface area (Å²) in [6.07, 6.45) is 1.37. The van der Waals surface area contributed by atoms with E-state index in [1.54, 1.807) is 20.1 Å². The van der Waals surface area contributed by atoms with E-state index in [0.717, 1.165) is 31.6 Å². The molecule has 1 unspecified atom stereocenters. The number of hydrogen-bond acceptors (Lipinski definition) is 3. The fourth-order valence-corrected chi connectivity index (χ4v) is 2.73. The van der Waals surface area contributed by atoms with E-state index in [4.69, 9.17) is 4.74 Å². The second kappa shape index (κ2) is 5.47. The van der Waals surface area contributed by atoms with Crippen molar-refractivity contribution in [1.82, 2.24) is 0 Å². The van der Waals surface area contributed by atoms with Crippen molar-refractivity contribution in [2.45, 2.75) is 38.4 Å². The van der Waals surface area contributed by atoms with Crippen molar-refractivity contribution < 1.29 is 14.2 Å². The minimum absolute atomic E-state index is 0.178. The highest BCUT2D eigenvalue weighted by Crippen LogP contribution is 2.32. The Balaban J connectivity index is 2.31. The van der Waals surface area contributed by atoms with E-state index in [1.165, 1.54) is 12.1 Å². The number of hydrogen-bond donors (Lipinski definition) is 1. The summed E-state index contributed by atoms with van der Waals surface area (Å²) < 4.78 is 18.9. The van der Waals surface area contributed by atoms with Crippen LogP contribution in [0.3, 0.4) is 0 Å². The average molecular weight is 267 g/mol. The standard InChI is InChI=1S/C15H22FNO2/c1-11(18)13-9-12(16)5-6-14(13)17-8-4-7-15(2,10-17)19-3/h5-6,9,11,18H,4,7-8,10H2,1-3H3/t11-,15?/m1/s1. The van der Waals surface area contributed by atoms with Crippen molar-refractivity contribution in [2.75, 3.05) is 25.1 Å². The normalized spacial score (nSPS) is 25.4. The van der Waals surface area contributed by atoms with E-state index in [0.29, 0.717) is 5.56 Å². The highest BCUT2D eigenvalue weighted by Gasteiger charge is 2.32. The molecule has 1 aliphatic heterocycles. The quantitative estimate of drug-likeness (QED) is 0.914. The number of benzene rings is 1. The third-order valence-corrected chi connectivity index (χ3v) is 3.93. The van der Waals surface area contributed by atoms with E-state index in [1.807, 2.05) is 0 Å². The van der Waals surface area contributed by atoms with Gasteiger partial charge >= 0.3 is 0 Å². The molecule has 1 aromatic carbocycles. The first kappa shape index (κ1) is 14.3. The summed E-state index contributed by atoms with van der Waals surface area (Å²) in [5.74, 6) is -0.314. The van der Waals surface area contributed by atoms with Crippen molar-refractivity contribution in [3.05, 3.63) is 29.6 Å². The van der Waals surface area contributed by atoms with Crippen LogP contribution in [0, 0.1) is 5.82 Å². The summed E-state index contributed by atoms with van der Waals surface area (Å²) >= 11 is 0. The molecule has 1 N–H and O–H groups in total. The summed E-state index contributed by atoms with van der Waals surface area (Å²) in [6.45, 7) is 5.42. The molecule has 4 heteroatoms. The Hall–Kier alpha value is -1.13. The second-order valence-corrected chi connectivity index (χ2v) is 5.56. The van der Waals surface area contributed by atoms with Gasteiger partial charge in [-0.05, 0) is 44.9 Å². The summed E-state index contributed by atoms with van der Waals surface area (Å²) in [6, 6.07) is 4.61. The summed E-state index contributed by atoms with van der Waals surface area (Å²) in [5.41, 5.74) is 1.36. The molecule has 1 aromatic rings. The molecule has 106 valence electrons. The maximum absolute atomic E-state index is 13.3. The minimum Gasteiger partial charge on any atom is -0.389 e. The minimum atomic E-state index is -0.679. The second-order valence-electron chi connectivity index (χ2n) is 5.56. The summed E-state index contributed by atoms with van der Waals surface area (Å²) in [5, 5.41) is 9.82. The number of aliphatic hydroxyl groups is 1. The Morgan fingerprint density at radius 1 is 1.47 bits per heavy atom. The van der Waals surface area contributed by atoms with Crippen LogP contribution in [0.1, 0.15) is 38.4 Å². The Kier molecular flexibility index (Phi) is 4.11. The molecular formula is C15H22FNO2. The monoisotopic (exact) mass is 267 g/mol. The van der Waals surface area contributed by atoms with E-state index in [2.05, 4.69) is 11.8 Å². The molecule has 1 saturated heterocycles. The molecule has 0 aromatic heterocycles. The predicted octanol–water partition coefficient (Wildman–Crippen LogP) is 2.88. The molecule has 1 heterocycles. The van der Waals surface area contributed by atoms with Gasteiger partial charge in [-0.1, -0.05) is 0 Å². The zero-order valence-electron chi connectivity index (χ0n) is 11.8. The number of halogens is 1. The van der Waals surface area contributed by atoms with Crippen LogP contribution < -0.4 is 4.90 Å². The first-order chi connectivity index (χ1) is 8.95. The van der Waals surface area contributed by atoms with Crippen LogP contribution in [-0.2, 0) is 4.74 Å². The van der Waals surface area contributed by atoms with Gasteiger partial charge in [0.05, 0.1) is 11.7 Å². The lowest BCUT2D eigenvalue weighted by atomic mass is 9.93. The van der Waals surface area contributed by atoms with Crippen LogP contribution in [0.4, 0.5) is 10.1 Å². The molecule has 3 nitrogen and oxygen atoms in total. The molecule has 0 radical (unpaired) electrons. The van der Waals surface area contributed by atoms with E-state index in [-0.39, 0.29) is 11.4 Å². The third kappa shape index (κ3) is 3.07. The van der Waals surface area contributed by atoms with Crippen molar-refractivity contribution in [3.8, 4) is 0 Å². The smallest absolute Gasteiger partial charge is 0.123 e. The molecule has 2 rings (SSSR count). The topological polar surface area (TPSA) is 32.7 Å². The number of nitrogens with zero attached hydrogens (tertiary/aromatic N) is 1. The first-order valence-corrected chi connectivity index (χ1v) is 6.73. The highest BCUT2D eigenvalue weighted by molar-refractivity contribution is 5.55. The fraction of sp³-hybridized carbons (Fsp3) is 0.600. The van der Waals surface area contributed by atoms with Crippen LogP contribution >= 0.6 is 0 Å². The van der Waals surface area contributed by atoms with Gasteiger partial charge in [0.2, 0.25) is 0 Å². The van der Waals surface area contributed by atoms with Gasteiger partial charge in [-0.15, -0.1) is 0 Å². The lowest BCUT2D eigenvalue weighted by Crippen LogP contribution is -2.47. The molecule has 0 spiro atoms. The number of aliphatic hydroxyl groups excluding tert-OH is 1. The van der Waals surface area contributed by atoms with Crippen molar-refractivity contribution in [1.29, 1.82) is 0 Å². The van der Waals surface area contributed by atoms with Gasteiger partial charge < -0.3 is 14.7 Å². The van der Waals surface area contributed by atoms with Gasteiger partial charge in [-0.3, -0.25) is 0 Å². The highest BCUT2D eigenvalue weighted by atomic mass is 19.1. The van der Waals surface area contributed by atoms with Crippen LogP contribution in [0.2, 0.25) is 0 Å². The van der Waals surface area contributed by atoms with Gasteiger partial charge in [0, 0.05) is 31.5 Å². The average Bonchev–Trinajstić information content (AvgIpc) is 2.38. The molecule has 0 saturated carbocycles. The maximum Gasteiger partial charge on any atom is 0.123 e. The van der Waals surface area contributed by atoms with Gasteiger partial charge in [0.1, 0.15) is 5.82 Å². The number of ether oxygens (including phenoxy) is 1. The van der Waals surface area contributed by atoms with Crippen LogP contribution in [0.25, 0.3) is 0 Å². The Morgan fingerprint density at radius 3 is 2.84 bits per heavy atom. The van der Waals surface area contributed by atoms with Gasteiger partial charge in [-0.25, -0.2) is 4.39 Å². The van der Waals surface area contributed by atoms with Crippen molar-refractivity contribution in [2.24, 2.45) is 0 Å². The fourth-order valence-electron chi connectivity index (χ4n) is 2.73. The van der Waals surface area contributed by atoms with Crippen LogP contribution in [0.5, 0.6) is 0 Å². The maximum atomic E-state index is 13.3. The molecular weight excluding hydrogens is 245 g/mol. The largest absolute Gasteiger partial charge is 0.389 e. The van der Waals surface area contributed by atoms with Gasteiger partial charge in [0.15, 0.2) is 0 Å². The van der Waals surface area contributed by atoms with Crippen molar-refractivity contribution >= 4 is 5.69 Å². The molecule has 0 bridgehead atoms. The third-order valence-electron chi connectivity index (χ3n) is 3.93. The molecule has 0 aliphatic carbocycles. The van der Waals surface area contributed by atoms with Crippen molar-refractivity contribution in [3.63, 3.8) is 0 Å². The number of piperidine rings is 1. The van der Waals surface area contributed by atoms with E-state index >= 15 is 0 Å². The predicted molar refractivity (Wildman–Crippen MR) is 73.9 cm³/mol. The zero-order chi connectivity index (χ0) is 14.0. The number of methoxy groups -OCH3 is 1. The Morgan fingerprint density at radius 2 is 2.21 bits per heavy atom. The zero-order valence-corrected chi connectivity index (χ0v) is 11.8. The molecule has 2 atom stereocenters. The Labute approximate surface area is 114 Å². The van der Waals surface area contributed by atoms with E-state index in [9.17, 15) is 9.50 Å². The van der Waals surface area contributed by atoms with Crippen LogP contribution in [-0.4, -0.2) is 30.9 Å². The van der Waals surface area contributed by atoms with Gasteiger partial charge in [0.25, 0.3) is 0 Å². The number of anilines is 1. The lowest BCUT2D eigenvalue weighted by Gasteiger charge is -2.41. The first-order valence-electron chi connectivity index (χ1n) is 6.73. The van der Waals surface area contributed by atoms with Gasteiger partial charge in [-0.2, -0.15) is 0 Å². The van der Waals surface area contributed by atoms with E-state index < -0.39 is 6.10 Å². The molecule has 19 heavy (non-hydrogen) atoms. The summed E-state index contributed by atoms with van der Waals surface area (Å²) in [4.78, 5) is 2.18. The molecule has 0 amide bonds. The Bertz CT molecular complexity index is 450. The van der Waals surface area contributed by atoms with Crippen LogP contribution in [0.15, 0.2) is 18.2 Å².